The lowest BCUT2D eigenvalue weighted by Gasteiger charge is -2.38. The summed E-state index contributed by atoms with van der Waals surface area (Å²) in [4.78, 5) is 0. The summed E-state index contributed by atoms with van der Waals surface area (Å²) >= 11 is 0. The molecule has 33 heavy (non-hydrogen) atoms. The average Bonchev–Trinajstić information content (AvgIpc) is 2.77. The first-order valence-corrected chi connectivity index (χ1v) is 13.0. The van der Waals surface area contributed by atoms with E-state index in [1.165, 1.54) is 57.8 Å². The van der Waals surface area contributed by atoms with Crippen LogP contribution in [-0.2, 0) is 12.6 Å². The summed E-state index contributed by atoms with van der Waals surface area (Å²) in [6.07, 6.45) is 15.9. The molecule has 2 saturated carbocycles. The molecule has 0 unspecified atom stereocenters. The molecule has 0 atom stereocenters. The minimum absolute atomic E-state index is 0.323. The fraction of sp³-hybridized carbons (Fsp3) is 0.714. The van der Waals surface area contributed by atoms with Crippen LogP contribution >= 0.6 is 0 Å². The first-order chi connectivity index (χ1) is 15.8. The third kappa shape index (κ3) is 7.82. The van der Waals surface area contributed by atoms with E-state index in [2.05, 4.69) is 19.1 Å². The minimum atomic E-state index is -5.00. The van der Waals surface area contributed by atoms with Crippen molar-refractivity contribution in [2.75, 3.05) is 0 Å². The summed E-state index contributed by atoms with van der Waals surface area (Å²) in [5.74, 6) is 0.0405. The molecule has 0 amide bonds. The molecule has 0 spiro atoms. The van der Waals surface area contributed by atoms with E-state index in [4.69, 9.17) is 0 Å². The van der Waals surface area contributed by atoms with Gasteiger partial charge < -0.3 is 0 Å². The van der Waals surface area contributed by atoms with Crippen molar-refractivity contribution in [3.63, 3.8) is 0 Å². The maximum absolute atomic E-state index is 13.8. The third-order valence-corrected chi connectivity index (χ3v) is 8.06. The van der Waals surface area contributed by atoms with E-state index in [1.54, 1.807) is 0 Å². The van der Waals surface area contributed by atoms with Crippen LogP contribution in [0.25, 0.3) is 0 Å². The number of rotatable bonds is 9. The molecule has 186 valence electrons. The number of benzene rings is 1. The van der Waals surface area contributed by atoms with Crippen LogP contribution in [0.2, 0.25) is 0 Å². The Morgan fingerprint density at radius 2 is 1.30 bits per heavy atom. The van der Waals surface area contributed by atoms with E-state index >= 15 is 0 Å². The molecule has 0 saturated heterocycles. The van der Waals surface area contributed by atoms with Gasteiger partial charge in [0.2, 0.25) is 0 Å². The lowest BCUT2D eigenvalue weighted by molar-refractivity contribution is -0.142. The highest BCUT2D eigenvalue weighted by atomic mass is 19.4. The van der Waals surface area contributed by atoms with Crippen molar-refractivity contribution in [2.45, 2.75) is 103 Å². The van der Waals surface area contributed by atoms with E-state index in [9.17, 15) is 22.0 Å². The summed E-state index contributed by atoms with van der Waals surface area (Å²) in [6, 6.07) is 1.71. The second-order valence-electron chi connectivity index (χ2n) is 10.3. The van der Waals surface area contributed by atoms with E-state index in [1.807, 2.05) is 0 Å². The highest BCUT2D eigenvalue weighted by molar-refractivity contribution is 5.28. The monoisotopic (exact) mass is 470 g/mol. The summed E-state index contributed by atoms with van der Waals surface area (Å²) in [6.45, 7) is 2.17. The smallest absolute Gasteiger partial charge is 0.206 e. The highest BCUT2D eigenvalue weighted by Gasteiger charge is 2.38. The molecule has 0 aliphatic heterocycles. The Morgan fingerprint density at radius 3 is 1.79 bits per heavy atom. The zero-order chi connectivity index (χ0) is 23.8. The van der Waals surface area contributed by atoms with Gasteiger partial charge in [-0.15, -0.1) is 0 Å². The normalized spacial score (nSPS) is 26.7. The van der Waals surface area contributed by atoms with Crippen LogP contribution in [0.5, 0.6) is 0 Å². The third-order valence-electron chi connectivity index (χ3n) is 8.06. The van der Waals surface area contributed by atoms with Crippen molar-refractivity contribution in [2.24, 2.45) is 23.7 Å². The van der Waals surface area contributed by atoms with E-state index in [-0.39, 0.29) is 0 Å². The second-order valence-corrected chi connectivity index (χ2v) is 10.3. The van der Waals surface area contributed by atoms with E-state index < -0.39 is 23.4 Å². The van der Waals surface area contributed by atoms with Crippen molar-refractivity contribution in [1.29, 1.82) is 0 Å². The van der Waals surface area contributed by atoms with Crippen LogP contribution in [0.3, 0.4) is 0 Å². The molecule has 2 fully saturated rings. The number of aryl methyl sites for hydroxylation is 1. The predicted octanol–water partition coefficient (Wildman–Crippen LogP) is 9.67. The molecule has 0 heterocycles. The molecule has 2 aliphatic rings. The molecule has 0 nitrogen and oxygen atoms in total. The Kier molecular flexibility index (Phi) is 9.81. The number of halogens is 5. The minimum Gasteiger partial charge on any atom is -0.206 e. The number of allylic oxidation sites excluding steroid dienone is 2. The first-order valence-electron chi connectivity index (χ1n) is 13.0. The summed E-state index contributed by atoms with van der Waals surface area (Å²) < 4.78 is 65.9. The fourth-order valence-corrected chi connectivity index (χ4v) is 6.12. The molecular weight excluding hydrogens is 431 g/mol. The Balaban J connectivity index is 1.37. The Labute approximate surface area is 196 Å². The molecule has 0 N–H and O–H groups in total. The highest BCUT2D eigenvalue weighted by Crippen LogP contribution is 2.43. The lowest BCUT2D eigenvalue weighted by Crippen LogP contribution is -2.26. The zero-order valence-electron chi connectivity index (χ0n) is 19.9. The van der Waals surface area contributed by atoms with Crippen LogP contribution in [0.4, 0.5) is 22.0 Å². The SMILES string of the molecule is CCC=CCCCC1CCC(C2CCC(CCc3cc(F)c(C(F)(F)F)c(F)c3)CC2)CC1. The molecule has 1 aromatic rings. The van der Waals surface area contributed by atoms with Crippen molar-refractivity contribution in [3.8, 4) is 0 Å². The second kappa shape index (κ2) is 12.4. The molecule has 2 aliphatic carbocycles. The predicted molar refractivity (Wildman–Crippen MR) is 124 cm³/mol. The van der Waals surface area contributed by atoms with Crippen molar-refractivity contribution in [1.82, 2.24) is 0 Å². The van der Waals surface area contributed by atoms with Gasteiger partial charge in [-0.2, -0.15) is 13.2 Å². The van der Waals surface area contributed by atoms with Gasteiger partial charge in [0.25, 0.3) is 0 Å². The molecule has 3 rings (SSSR count). The fourth-order valence-electron chi connectivity index (χ4n) is 6.12. The number of hydrogen-bond acceptors (Lipinski definition) is 0. The number of unbranched alkanes of at least 4 members (excludes halogenated alkanes) is 1. The topological polar surface area (TPSA) is 0 Å². The first kappa shape index (κ1) is 26.2. The largest absolute Gasteiger partial charge is 0.422 e. The van der Waals surface area contributed by atoms with Gasteiger partial charge in [0.1, 0.15) is 17.2 Å². The van der Waals surface area contributed by atoms with Gasteiger partial charge in [0, 0.05) is 0 Å². The maximum atomic E-state index is 13.8. The van der Waals surface area contributed by atoms with Crippen molar-refractivity contribution < 1.29 is 22.0 Å². The molecule has 0 aromatic heterocycles. The summed E-state index contributed by atoms with van der Waals surface area (Å²) in [7, 11) is 0. The van der Waals surface area contributed by atoms with Crippen LogP contribution < -0.4 is 0 Å². The molecular formula is C28H39F5. The van der Waals surface area contributed by atoms with Gasteiger partial charge in [-0.1, -0.05) is 51.2 Å². The molecule has 0 radical (unpaired) electrons. The Morgan fingerprint density at radius 1 is 0.788 bits per heavy atom. The quantitative estimate of drug-likeness (QED) is 0.191. The van der Waals surface area contributed by atoms with Crippen LogP contribution in [-0.4, -0.2) is 0 Å². The number of hydrogen-bond donors (Lipinski definition) is 0. The standard InChI is InChI=1S/C28H39F5/c1-2-3-4-5-6-7-20-10-14-23(15-11-20)24-16-12-21(13-17-24)8-9-22-18-25(29)27(26(30)19-22)28(31,32)33/h3-4,18-21,23-24H,2,5-17H2,1H3. The zero-order valence-corrected chi connectivity index (χ0v) is 19.9. The maximum Gasteiger partial charge on any atom is 0.422 e. The van der Waals surface area contributed by atoms with Crippen molar-refractivity contribution >= 4 is 0 Å². The van der Waals surface area contributed by atoms with Gasteiger partial charge in [0.15, 0.2) is 0 Å². The molecule has 0 bridgehead atoms. The van der Waals surface area contributed by atoms with Gasteiger partial charge in [0.05, 0.1) is 0 Å². The lowest BCUT2D eigenvalue weighted by atomic mass is 9.68. The Hall–Kier alpha value is -1.39. The van der Waals surface area contributed by atoms with Crippen LogP contribution in [0.1, 0.15) is 102 Å². The van der Waals surface area contributed by atoms with Gasteiger partial charge >= 0.3 is 6.18 Å². The van der Waals surface area contributed by atoms with Gasteiger partial charge in [-0.3, -0.25) is 0 Å². The van der Waals surface area contributed by atoms with Crippen LogP contribution in [0.15, 0.2) is 24.3 Å². The molecule has 1 aromatic carbocycles. The summed E-state index contributed by atoms with van der Waals surface area (Å²) in [5.41, 5.74) is -1.46. The van der Waals surface area contributed by atoms with Gasteiger partial charge in [-0.25, -0.2) is 8.78 Å². The van der Waals surface area contributed by atoms with E-state index in [0.29, 0.717) is 17.9 Å². The van der Waals surface area contributed by atoms with Gasteiger partial charge in [-0.05, 0) is 99.2 Å². The Bertz CT molecular complexity index is 727. The van der Waals surface area contributed by atoms with Crippen molar-refractivity contribution in [3.05, 3.63) is 47.0 Å². The van der Waals surface area contributed by atoms with Crippen LogP contribution in [0, 0.1) is 35.3 Å². The summed E-state index contributed by atoms with van der Waals surface area (Å²) in [5, 5.41) is 0. The number of alkyl halides is 3. The van der Waals surface area contributed by atoms with E-state index in [0.717, 1.165) is 55.6 Å². The average molecular weight is 471 g/mol. The molecule has 5 heteroatoms.